The normalized spacial score (nSPS) is 12.2. The summed E-state index contributed by atoms with van der Waals surface area (Å²) in [5, 5.41) is 10.7. The summed E-state index contributed by atoms with van der Waals surface area (Å²) in [7, 11) is 0. The van der Waals surface area contributed by atoms with Crippen molar-refractivity contribution < 1.29 is 19.2 Å². The van der Waals surface area contributed by atoms with Gasteiger partial charge in [0.05, 0.1) is 4.92 Å². The molecule has 0 amide bonds. The molecule has 0 radical (unpaired) electrons. The topological polar surface area (TPSA) is 78.7 Å². The zero-order valence-corrected chi connectivity index (χ0v) is 12.6. The highest BCUT2D eigenvalue weighted by Crippen LogP contribution is 2.14. The molecule has 0 spiro atoms. The molecule has 1 rings (SSSR count). The van der Waals surface area contributed by atoms with Gasteiger partial charge in [0.25, 0.3) is 5.69 Å². The Kier molecular flexibility index (Phi) is 6.81. The smallest absolute Gasteiger partial charge is 0.335 e. The standard InChI is InChI=1S/C15H21NO5/c1-11(2)7-8-20-12(3)15(17)21-10-13-5-4-6-14(9-13)16(18)19/h4-6,9,11-12H,7-8,10H2,1-3H3. The second kappa shape index (κ2) is 8.36. The molecule has 116 valence electrons. The number of hydrogen-bond acceptors (Lipinski definition) is 5. The molecule has 6 nitrogen and oxygen atoms in total. The van der Waals surface area contributed by atoms with Crippen LogP contribution in [-0.4, -0.2) is 23.6 Å². The van der Waals surface area contributed by atoms with E-state index in [9.17, 15) is 14.9 Å². The van der Waals surface area contributed by atoms with E-state index in [-0.39, 0.29) is 12.3 Å². The van der Waals surface area contributed by atoms with Gasteiger partial charge in [0.15, 0.2) is 6.10 Å². The molecule has 0 saturated heterocycles. The van der Waals surface area contributed by atoms with Gasteiger partial charge in [0.1, 0.15) is 6.61 Å². The number of non-ortho nitro benzene ring substituents is 1. The van der Waals surface area contributed by atoms with Gasteiger partial charge in [-0.05, 0) is 24.8 Å². The van der Waals surface area contributed by atoms with Crippen LogP contribution in [0.15, 0.2) is 24.3 Å². The third-order valence-electron chi connectivity index (χ3n) is 2.90. The first kappa shape index (κ1) is 17.1. The number of hydrogen-bond donors (Lipinski definition) is 0. The predicted molar refractivity (Wildman–Crippen MR) is 77.8 cm³/mol. The van der Waals surface area contributed by atoms with Crippen LogP contribution in [0.5, 0.6) is 0 Å². The van der Waals surface area contributed by atoms with E-state index < -0.39 is 17.0 Å². The fourth-order valence-electron chi connectivity index (χ4n) is 1.58. The predicted octanol–water partition coefficient (Wildman–Crippen LogP) is 3.09. The zero-order chi connectivity index (χ0) is 15.8. The van der Waals surface area contributed by atoms with Gasteiger partial charge in [-0.25, -0.2) is 4.79 Å². The van der Waals surface area contributed by atoms with Gasteiger partial charge in [-0.1, -0.05) is 26.0 Å². The minimum absolute atomic E-state index is 0.00159. The van der Waals surface area contributed by atoms with Crippen molar-refractivity contribution >= 4 is 11.7 Å². The fraction of sp³-hybridized carbons (Fsp3) is 0.533. The van der Waals surface area contributed by atoms with Crippen molar-refractivity contribution in [2.24, 2.45) is 5.92 Å². The Morgan fingerprint density at radius 1 is 1.33 bits per heavy atom. The molecule has 0 bridgehead atoms. The molecule has 0 fully saturated rings. The van der Waals surface area contributed by atoms with Crippen molar-refractivity contribution in [2.75, 3.05) is 6.61 Å². The van der Waals surface area contributed by atoms with Crippen LogP contribution >= 0.6 is 0 Å². The lowest BCUT2D eigenvalue weighted by Crippen LogP contribution is -2.24. The molecule has 0 N–H and O–H groups in total. The van der Waals surface area contributed by atoms with Crippen molar-refractivity contribution in [1.82, 2.24) is 0 Å². The maximum Gasteiger partial charge on any atom is 0.335 e. The quantitative estimate of drug-likeness (QED) is 0.418. The number of esters is 1. The van der Waals surface area contributed by atoms with E-state index >= 15 is 0 Å². The first-order valence-corrected chi connectivity index (χ1v) is 6.91. The molecule has 6 heteroatoms. The largest absolute Gasteiger partial charge is 0.459 e. The van der Waals surface area contributed by atoms with Crippen LogP contribution in [0.2, 0.25) is 0 Å². The number of rotatable bonds is 8. The summed E-state index contributed by atoms with van der Waals surface area (Å²) in [6.45, 7) is 6.29. The third kappa shape index (κ3) is 6.35. The number of carbonyl (C=O) groups is 1. The van der Waals surface area contributed by atoms with E-state index in [0.29, 0.717) is 18.1 Å². The van der Waals surface area contributed by atoms with Crippen LogP contribution in [0.3, 0.4) is 0 Å². The lowest BCUT2D eigenvalue weighted by molar-refractivity contribution is -0.384. The maximum atomic E-state index is 11.7. The van der Waals surface area contributed by atoms with E-state index in [0.717, 1.165) is 6.42 Å². The lowest BCUT2D eigenvalue weighted by Gasteiger charge is -2.13. The van der Waals surface area contributed by atoms with Gasteiger partial charge in [0, 0.05) is 18.7 Å². The summed E-state index contributed by atoms with van der Waals surface area (Å²) in [4.78, 5) is 21.9. The fourth-order valence-corrected chi connectivity index (χ4v) is 1.58. The SMILES string of the molecule is CC(C)CCOC(C)C(=O)OCc1cccc([N+](=O)[O-])c1. The average molecular weight is 295 g/mol. The van der Waals surface area contributed by atoms with Crippen molar-refractivity contribution in [2.45, 2.75) is 39.9 Å². The number of nitro groups is 1. The molecule has 0 aromatic heterocycles. The number of ether oxygens (including phenoxy) is 2. The minimum Gasteiger partial charge on any atom is -0.459 e. The van der Waals surface area contributed by atoms with Crippen molar-refractivity contribution in [3.05, 3.63) is 39.9 Å². The Bertz CT molecular complexity index is 487. The number of nitro benzene ring substituents is 1. The van der Waals surface area contributed by atoms with E-state index in [1.165, 1.54) is 12.1 Å². The molecular formula is C15H21NO5. The van der Waals surface area contributed by atoms with Crippen molar-refractivity contribution in [3.8, 4) is 0 Å². The highest BCUT2D eigenvalue weighted by molar-refractivity contribution is 5.74. The first-order chi connectivity index (χ1) is 9.90. The Hall–Kier alpha value is -1.95. The van der Waals surface area contributed by atoms with Gasteiger partial charge in [-0.3, -0.25) is 10.1 Å². The molecule has 1 atom stereocenters. The Labute approximate surface area is 124 Å². The molecule has 0 aliphatic rings. The van der Waals surface area contributed by atoms with E-state index in [2.05, 4.69) is 13.8 Å². The minimum atomic E-state index is -0.637. The average Bonchev–Trinajstić information content (AvgIpc) is 2.44. The molecule has 0 heterocycles. The van der Waals surface area contributed by atoms with Gasteiger partial charge >= 0.3 is 5.97 Å². The molecule has 1 unspecified atom stereocenters. The van der Waals surface area contributed by atoms with Crippen LogP contribution in [0.4, 0.5) is 5.69 Å². The molecule has 1 aromatic carbocycles. The number of nitrogens with zero attached hydrogens (tertiary/aromatic N) is 1. The Balaban J connectivity index is 2.41. The highest BCUT2D eigenvalue weighted by Gasteiger charge is 2.15. The zero-order valence-electron chi connectivity index (χ0n) is 12.6. The monoisotopic (exact) mass is 295 g/mol. The summed E-state index contributed by atoms with van der Waals surface area (Å²) >= 11 is 0. The lowest BCUT2D eigenvalue weighted by atomic mass is 10.1. The maximum absolute atomic E-state index is 11.7. The van der Waals surface area contributed by atoms with Gasteiger partial charge in [-0.15, -0.1) is 0 Å². The Morgan fingerprint density at radius 2 is 2.05 bits per heavy atom. The number of carbonyl (C=O) groups excluding carboxylic acids is 1. The van der Waals surface area contributed by atoms with Gasteiger partial charge < -0.3 is 9.47 Å². The summed E-state index contributed by atoms with van der Waals surface area (Å²) in [5.74, 6) is 0.0448. The molecule has 1 aromatic rings. The van der Waals surface area contributed by atoms with Gasteiger partial charge in [-0.2, -0.15) is 0 Å². The third-order valence-corrected chi connectivity index (χ3v) is 2.90. The van der Waals surface area contributed by atoms with E-state index in [4.69, 9.17) is 9.47 Å². The molecule has 0 aliphatic heterocycles. The summed E-state index contributed by atoms with van der Waals surface area (Å²) in [5.41, 5.74) is 0.553. The second-order valence-corrected chi connectivity index (χ2v) is 5.23. The van der Waals surface area contributed by atoms with Crippen LogP contribution in [0.25, 0.3) is 0 Å². The van der Waals surface area contributed by atoms with Gasteiger partial charge in [0.2, 0.25) is 0 Å². The van der Waals surface area contributed by atoms with Crippen molar-refractivity contribution in [1.29, 1.82) is 0 Å². The molecule has 21 heavy (non-hydrogen) atoms. The summed E-state index contributed by atoms with van der Waals surface area (Å²) in [6, 6.07) is 6.01. The second-order valence-electron chi connectivity index (χ2n) is 5.23. The van der Waals surface area contributed by atoms with E-state index in [1.54, 1.807) is 19.1 Å². The molecular weight excluding hydrogens is 274 g/mol. The highest BCUT2D eigenvalue weighted by atomic mass is 16.6. The van der Waals surface area contributed by atoms with Crippen LogP contribution < -0.4 is 0 Å². The number of benzene rings is 1. The van der Waals surface area contributed by atoms with Crippen molar-refractivity contribution in [3.63, 3.8) is 0 Å². The van der Waals surface area contributed by atoms with Crippen LogP contribution in [0.1, 0.15) is 32.8 Å². The summed E-state index contributed by atoms with van der Waals surface area (Å²) < 4.78 is 10.5. The summed E-state index contributed by atoms with van der Waals surface area (Å²) in [6.07, 6.45) is 0.241. The van der Waals surface area contributed by atoms with Crippen LogP contribution in [-0.2, 0) is 20.9 Å². The van der Waals surface area contributed by atoms with E-state index in [1.807, 2.05) is 0 Å². The first-order valence-electron chi connectivity index (χ1n) is 6.91. The Morgan fingerprint density at radius 3 is 2.67 bits per heavy atom. The van der Waals surface area contributed by atoms with Crippen LogP contribution in [0, 0.1) is 16.0 Å². The molecule has 0 aliphatic carbocycles. The molecule has 0 saturated carbocycles.